The number of hydrogen-bond acceptors (Lipinski definition) is 3. The van der Waals surface area contributed by atoms with Crippen LogP contribution in [0.5, 0.6) is 0 Å². The number of nitrogens with zero attached hydrogens (tertiary/aromatic N) is 2. The molecule has 4 rings (SSSR count). The fourth-order valence-corrected chi connectivity index (χ4v) is 4.03. The highest BCUT2D eigenvalue weighted by Gasteiger charge is 2.22. The second-order valence-corrected chi connectivity index (χ2v) is 6.63. The molecule has 0 atom stereocenters. The molecule has 0 unspecified atom stereocenters. The van der Waals surface area contributed by atoms with Crippen LogP contribution < -0.4 is 0 Å². The lowest BCUT2D eigenvalue weighted by Crippen LogP contribution is -2.36. The average molecular weight is 294 g/mol. The Balaban J connectivity index is 1.87. The fraction of sp³-hybridized carbons (Fsp3) is 0.278. The van der Waals surface area contributed by atoms with Crippen molar-refractivity contribution in [1.82, 2.24) is 4.90 Å². The Morgan fingerprint density at radius 1 is 0.810 bits per heavy atom. The van der Waals surface area contributed by atoms with Gasteiger partial charge in [-0.1, -0.05) is 42.1 Å². The number of rotatable bonds is 0. The van der Waals surface area contributed by atoms with Crippen molar-refractivity contribution >= 4 is 23.3 Å². The zero-order chi connectivity index (χ0) is 14.1. The molecule has 0 saturated carbocycles. The summed E-state index contributed by atoms with van der Waals surface area (Å²) in [4.78, 5) is 10.0. The van der Waals surface area contributed by atoms with Gasteiger partial charge in [0.05, 0.1) is 5.69 Å². The molecule has 0 radical (unpaired) electrons. The number of benzene rings is 2. The van der Waals surface area contributed by atoms with Crippen LogP contribution in [-0.4, -0.2) is 23.8 Å². The van der Waals surface area contributed by atoms with Gasteiger partial charge < -0.3 is 4.90 Å². The summed E-state index contributed by atoms with van der Waals surface area (Å²) in [5, 5.41) is 0. The summed E-state index contributed by atoms with van der Waals surface area (Å²) in [6.45, 7) is 2.25. The van der Waals surface area contributed by atoms with Crippen LogP contribution in [0.3, 0.4) is 0 Å². The maximum atomic E-state index is 5.03. The summed E-state index contributed by atoms with van der Waals surface area (Å²) in [7, 11) is 0. The molecule has 0 aliphatic carbocycles. The van der Waals surface area contributed by atoms with Crippen LogP contribution in [0.1, 0.15) is 24.8 Å². The van der Waals surface area contributed by atoms with Crippen molar-refractivity contribution in [2.24, 2.45) is 4.99 Å². The molecule has 0 aromatic heterocycles. The van der Waals surface area contributed by atoms with Gasteiger partial charge in [-0.3, -0.25) is 0 Å². The van der Waals surface area contributed by atoms with Gasteiger partial charge >= 0.3 is 0 Å². The van der Waals surface area contributed by atoms with Crippen molar-refractivity contribution in [1.29, 1.82) is 0 Å². The minimum atomic E-state index is 1.10. The molecule has 2 aromatic rings. The normalized spacial score (nSPS) is 17.5. The minimum absolute atomic E-state index is 1.10. The van der Waals surface area contributed by atoms with Gasteiger partial charge in [-0.25, -0.2) is 4.99 Å². The number of likely N-dealkylation sites (tertiary alicyclic amines) is 1. The van der Waals surface area contributed by atoms with Gasteiger partial charge in [-0.15, -0.1) is 0 Å². The lowest BCUT2D eigenvalue weighted by molar-refractivity contribution is 0.342. The second-order valence-electron chi connectivity index (χ2n) is 5.55. The van der Waals surface area contributed by atoms with Crippen LogP contribution in [0, 0.1) is 0 Å². The molecule has 2 aliphatic rings. The van der Waals surface area contributed by atoms with Crippen LogP contribution in [0.2, 0.25) is 0 Å². The van der Waals surface area contributed by atoms with Crippen molar-refractivity contribution < 1.29 is 0 Å². The maximum absolute atomic E-state index is 5.03. The molecule has 0 spiro atoms. The van der Waals surface area contributed by atoms with Crippen LogP contribution in [-0.2, 0) is 0 Å². The molecule has 21 heavy (non-hydrogen) atoms. The number of hydrogen-bond donors (Lipinski definition) is 0. The molecule has 1 fully saturated rings. The fourth-order valence-electron chi connectivity index (χ4n) is 3.02. The first-order valence-corrected chi connectivity index (χ1v) is 8.43. The topological polar surface area (TPSA) is 15.6 Å². The van der Waals surface area contributed by atoms with E-state index in [0.717, 1.165) is 24.6 Å². The first-order chi connectivity index (χ1) is 10.4. The van der Waals surface area contributed by atoms with Gasteiger partial charge in [0.2, 0.25) is 0 Å². The van der Waals surface area contributed by atoms with Crippen LogP contribution in [0.25, 0.3) is 0 Å². The lowest BCUT2D eigenvalue weighted by atomic mass is 10.1. The predicted octanol–water partition coefficient (Wildman–Crippen LogP) is 4.72. The van der Waals surface area contributed by atoms with Crippen molar-refractivity contribution in [2.75, 3.05) is 13.1 Å². The van der Waals surface area contributed by atoms with Gasteiger partial charge in [-0.2, -0.15) is 0 Å². The Morgan fingerprint density at radius 3 is 2.38 bits per heavy atom. The minimum Gasteiger partial charge on any atom is -0.356 e. The standard InChI is InChI=1S/C18H18N2S/c1-6-12-20(13-7-1)18-14-8-2-4-10-16(14)21-17-11-5-3-9-15(17)19-18/h2-5,8-11H,1,6-7,12-13H2. The Morgan fingerprint density at radius 2 is 1.52 bits per heavy atom. The lowest BCUT2D eigenvalue weighted by Gasteiger charge is -2.30. The van der Waals surface area contributed by atoms with Crippen LogP contribution in [0.4, 0.5) is 5.69 Å². The third kappa shape index (κ3) is 2.46. The van der Waals surface area contributed by atoms with Gasteiger partial charge in [0.1, 0.15) is 5.84 Å². The largest absolute Gasteiger partial charge is 0.356 e. The maximum Gasteiger partial charge on any atom is 0.137 e. The van der Waals surface area contributed by atoms with E-state index in [1.54, 1.807) is 0 Å². The first-order valence-electron chi connectivity index (χ1n) is 7.62. The van der Waals surface area contributed by atoms with E-state index in [-0.39, 0.29) is 0 Å². The van der Waals surface area contributed by atoms with Crippen LogP contribution in [0.15, 0.2) is 63.3 Å². The summed E-state index contributed by atoms with van der Waals surface area (Å²) in [6.07, 6.45) is 3.89. The van der Waals surface area contributed by atoms with E-state index in [0.29, 0.717) is 0 Å². The van der Waals surface area contributed by atoms with Crippen LogP contribution >= 0.6 is 11.8 Å². The quantitative estimate of drug-likeness (QED) is 0.699. The van der Waals surface area contributed by atoms with E-state index in [2.05, 4.69) is 53.4 Å². The van der Waals surface area contributed by atoms with Gasteiger partial charge in [0.15, 0.2) is 0 Å². The summed E-state index contributed by atoms with van der Waals surface area (Å²) in [6, 6.07) is 17.1. The first kappa shape index (κ1) is 13.0. The molecular formula is C18H18N2S. The van der Waals surface area contributed by atoms with E-state index in [1.807, 2.05) is 11.8 Å². The highest BCUT2D eigenvalue weighted by Crippen LogP contribution is 2.40. The number of fused-ring (bicyclic) bond motifs is 2. The number of piperidine rings is 1. The Kier molecular flexibility index (Phi) is 3.44. The SMILES string of the molecule is c1ccc2c(c1)N=C(N1CCCCC1)c1ccccc1S2. The third-order valence-electron chi connectivity index (χ3n) is 4.10. The molecule has 2 aromatic carbocycles. The van der Waals surface area contributed by atoms with Gasteiger partial charge in [-0.05, 0) is 37.5 Å². The second kappa shape index (κ2) is 5.57. The Hall–Kier alpha value is -1.74. The number of para-hydroxylation sites is 1. The predicted molar refractivity (Wildman–Crippen MR) is 88.6 cm³/mol. The van der Waals surface area contributed by atoms with Gasteiger partial charge in [0.25, 0.3) is 0 Å². The zero-order valence-electron chi connectivity index (χ0n) is 12.0. The Bertz CT molecular complexity index is 687. The summed E-state index contributed by atoms with van der Waals surface area (Å²) in [5.74, 6) is 1.16. The molecule has 2 nitrogen and oxygen atoms in total. The summed E-state index contributed by atoms with van der Waals surface area (Å²) in [5.41, 5.74) is 2.37. The molecule has 3 heteroatoms. The van der Waals surface area contributed by atoms with E-state index in [1.165, 1.54) is 34.6 Å². The molecule has 0 bridgehead atoms. The molecule has 0 N–H and O–H groups in total. The molecule has 0 amide bonds. The number of amidine groups is 1. The average Bonchev–Trinajstić information content (AvgIpc) is 2.72. The monoisotopic (exact) mass is 294 g/mol. The molecule has 106 valence electrons. The van der Waals surface area contributed by atoms with Crippen molar-refractivity contribution in [2.45, 2.75) is 29.1 Å². The molecule has 2 aliphatic heterocycles. The number of aliphatic imine (C=N–C) groups is 1. The third-order valence-corrected chi connectivity index (χ3v) is 5.24. The van der Waals surface area contributed by atoms with E-state index < -0.39 is 0 Å². The van der Waals surface area contributed by atoms with E-state index >= 15 is 0 Å². The highest BCUT2D eigenvalue weighted by molar-refractivity contribution is 7.99. The van der Waals surface area contributed by atoms with E-state index in [9.17, 15) is 0 Å². The smallest absolute Gasteiger partial charge is 0.137 e. The van der Waals surface area contributed by atoms with Crippen molar-refractivity contribution in [3.8, 4) is 0 Å². The zero-order valence-corrected chi connectivity index (χ0v) is 12.8. The van der Waals surface area contributed by atoms with Gasteiger partial charge in [0, 0.05) is 28.4 Å². The van der Waals surface area contributed by atoms with Crippen molar-refractivity contribution in [3.63, 3.8) is 0 Å². The van der Waals surface area contributed by atoms with E-state index in [4.69, 9.17) is 4.99 Å². The molecular weight excluding hydrogens is 276 g/mol. The summed E-state index contributed by atoms with van der Waals surface area (Å²) < 4.78 is 0. The summed E-state index contributed by atoms with van der Waals surface area (Å²) >= 11 is 1.83. The molecule has 1 saturated heterocycles. The van der Waals surface area contributed by atoms with Crippen molar-refractivity contribution in [3.05, 3.63) is 54.1 Å². The highest BCUT2D eigenvalue weighted by atomic mass is 32.2. The Labute approximate surface area is 129 Å². The molecule has 2 heterocycles.